The van der Waals surface area contributed by atoms with Gasteiger partial charge in [0.1, 0.15) is 13.2 Å². The van der Waals surface area contributed by atoms with Crippen molar-refractivity contribution in [3.05, 3.63) is 23.8 Å². The molecule has 2 N–H and O–H groups in total. The second-order valence-corrected chi connectivity index (χ2v) is 7.39. The van der Waals surface area contributed by atoms with Gasteiger partial charge in [0.2, 0.25) is 0 Å². The summed E-state index contributed by atoms with van der Waals surface area (Å²) in [6.07, 6.45) is 6.14. The summed E-state index contributed by atoms with van der Waals surface area (Å²) in [4.78, 5) is 6.94. The first-order valence-corrected chi connectivity index (χ1v) is 10.3. The third kappa shape index (κ3) is 6.03. The van der Waals surface area contributed by atoms with E-state index in [0.29, 0.717) is 13.2 Å². The Morgan fingerprint density at radius 3 is 2.78 bits per heavy atom. The lowest BCUT2D eigenvalue weighted by molar-refractivity contribution is 0.159. The van der Waals surface area contributed by atoms with Gasteiger partial charge in [0.15, 0.2) is 17.5 Å². The van der Waals surface area contributed by atoms with Gasteiger partial charge in [-0.3, -0.25) is 4.99 Å². The largest absolute Gasteiger partial charge is 0.486 e. The van der Waals surface area contributed by atoms with Crippen LogP contribution in [0.1, 0.15) is 38.2 Å². The highest BCUT2D eigenvalue weighted by molar-refractivity contribution is 5.79. The van der Waals surface area contributed by atoms with Gasteiger partial charge in [-0.25, -0.2) is 0 Å². The summed E-state index contributed by atoms with van der Waals surface area (Å²) >= 11 is 0. The van der Waals surface area contributed by atoms with Gasteiger partial charge in [-0.15, -0.1) is 0 Å². The first-order valence-electron chi connectivity index (χ1n) is 10.3. The van der Waals surface area contributed by atoms with Crippen molar-refractivity contribution < 1.29 is 9.47 Å². The lowest BCUT2D eigenvalue weighted by Crippen LogP contribution is -2.41. The summed E-state index contributed by atoms with van der Waals surface area (Å²) in [7, 11) is 1.83. The van der Waals surface area contributed by atoms with Crippen LogP contribution in [0.15, 0.2) is 23.2 Å². The second kappa shape index (κ2) is 10.4. The maximum absolute atomic E-state index is 5.65. The predicted molar refractivity (Wildman–Crippen MR) is 110 cm³/mol. The molecule has 0 radical (unpaired) electrons. The molecular weight excluding hydrogens is 340 g/mol. The first kappa shape index (κ1) is 19.8. The Labute approximate surface area is 163 Å². The molecule has 0 aromatic heterocycles. The quantitative estimate of drug-likeness (QED) is 0.436. The van der Waals surface area contributed by atoms with Crippen molar-refractivity contribution in [3.63, 3.8) is 0 Å². The van der Waals surface area contributed by atoms with E-state index in [-0.39, 0.29) is 0 Å². The van der Waals surface area contributed by atoms with Crippen molar-refractivity contribution in [2.24, 2.45) is 4.99 Å². The van der Waals surface area contributed by atoms with E-state index in [1.54, 1.807) is 0 Å². The molecule has 150 valence electrons. The van der Waals surface area contributed by atoms with Crippen molar-refractivity contribution in [2.45, 2.75) is 45.1 Å². The fourth-order valence-corrected chi connectivity index (χ4v) is 3.77. The number of ether oxygens (including phenoxy) is 2. The lowest BCUT2D eigenvalue weighted by Gasteiger charge is -2.33. The zero-order valence-electron chi connectivity index (χ0n) is 16.8. The van der Waals surface area contributed by atoms with Crippen LogP contribution in [0.25, 0.3) is 0 Å². The highest BCUT2D eigenvalue weighted by Crippen LogP contribution is 2.30. The number of fused-ring (bicyclic) bond motifs is 1. The minimum absolute atomic E-state index is 0.626. The topological polar surface area (TPSA) is 58.1 Å². The normalized spacial score (nSPS) is 20.4. The zero-order valence-corrected chi connectivity index (χ0v) is 16.8. The highest BCUT2D eigenvalue weighted by Gasteiger charge is 2.17. The van der Waals surface area contributed by atoms with Crippen LogP contribution in [0.2, 0.25) is 0 Å². The Morgan fingerprint density at radius 2 is 1.96 bits per heavy atom. The predicted octanol–water partition coefficient (Wildman–Crippen LogP) is 2.43. The molecule has 1 saturated heterocycles. The summed E-state index contributed by atoms with van der Waals surface area (Å²) < 4.78 is 11.2. The average molecular weight is 375 g/mol. The minimum atomic E-state index is 0.626. The van der Waals surface area contributed by atoms with Gasteiger partial charge in [-0.2, -0.15) is 0 Å². The van der Waals surface area contributed by atoms with Gasteiger partial charge in [-0.1, -0.05) is 12.5 Å². The molecule has 2 heterocycles. The smallest absolute Gasteiger partial charge is 0.190 e. The number of benzene rings is 1. The third-order valence-corrected chi connectivity index (χ3v) is 5.39. The van der Waals surface area contributed by atoms with E-state index in [9.17, 15) is 0 Å². The Kier molecular flexibility index (Phi) is 7.63. The van der Waals surface area contributed by atoms with Crippen LogP contribution >= 0.6 is 0 Å². The van der Waals surface area contributed by atoms with Crippen LogP contribution < -0.4 is 20.1 Å². The van der Waals surface area contributed by atoms with Crippen LogP contribution in [0.3, 0.4) is 0 Å². The maximum Gasteiger partial charge on any atom is 0.190 e. The van der Waals surface area contributed by atoms with E-state index in [2.05, 4.69) is 39.6 Å². The van der Waals surface area contributed by atoms with E-state index >= 15 is 0 Å². The van der Waals surface area contributed by atoms with Gasteiger partial charge in [0.05, 0.1) is 0 Å². The number of aliphatic imine (C=N–C) groups is 1. The maximum atomic E-state index is 5.65. The van der Waals surface area contributed by atoms with Gasteiger partial charge >= 0.3 is 0 Å². The minimum Gasteiger partial charge on any atom is -0.486 e. The number of nitrogens with one attached hydrogen (secondary N) is 2. The molecule has 0 spiro atoms. The fourth-order valence-electron chi connectivity index (χ4n) is 3.77. The monoisotopic (exact) mass is 374 g/mol. The summed E-state index contributed by atoms with van der Waals surface area (Å²) in [5.74, 6) is 2.57. The highest BCUT2D eigenvalue weighted by atomic mass is 16.6. The molecule has 3 rings (SSSR count). The molecule has 1 atom stereocenters. The average Bonchev–Trinajstić information content (AvgIpc) is 2.71. The molecular formula is C21H34N4O2. The van der Waals surface area contributed by atoms with Gasteiger partial charge in [0, 0.05) is 32.7 Å². The zero-order chi connectivity index (χ0) is 18.9. The summed E-state index contributed by atoms with van der Waals surface area (Å²) in [5, 5.41) is 6.83. The van der Waals surface area contributed by atoms with Crippen LogP contribution in [0, 0.1) is 0 Å². The van der Waals surface area contributed by atoms with E-state index in [1.165, 1.54) is 37.9 Å². The van der Waals surface area contributed by atoms with Crippen molar-refractivity contribution in [1.29, 1.82) is 0 Å². The van der Waals surface area contributed by atoms with Crippen LogP contribution in [0.5, 0.6) is 11.5 Å². The number of hydrogen-bond donors (Lipinski definition) is 2. The Morgan fingerprint density at radius 1 is 1.15 bits per heavy atom. The standard InChI is InChI=1S/C21H34N4O2/c1-17-6-3-4-12-25(17)13-5-10-23-21(22-2)24-11-9-18-7-8-19-20(16-18)27-15-14-26-19/h7-8,16-17H,3-6,9-15H2,1-2H3,(H2,22,23,24). The lowest BCUT2D eigenvalue weighted by atomic mass is 10.0. The van der Waals surface area contributed by atoms with Crippen molar-refractivity contribution in [3.8, 4) is 11.5 Å². The van der Waals surface area contributed by atoms with Crippen molar-refractivity contribution in [2.75, 3.05) is 46.4 Å². The van der Waals surface area contributed by atoms with Gasteiger partial charge < -0.3 is 25.0 Å². The molecule has 1 unspecified atom stereocenters. The number of piperidine rings is 1. The van der Waals surface area contributed by atoms with Gasteiger partial charge in [0.25, 0.3) is 0 Å². The number of likely N-dealkylation sites (tertiary alicyclic amines) is 1. The SMILES string of the molecule is CN=C(NCCCN1CCCCC1C)NCCc1ccc2c(c1)OCCO2. The molecule has 0 aliphatic carbocycles. The Bertz CT molecular complexity index is 620. The molecule has 2 aliphatic rings. The third-order valence-electron chi connectivity index (χ3n) is 5.39. The number of nitrogens with zero attached hydrogens (tertiary/aromatic N) is 2. The Hall–Kier alpha value is -1.95. The molecule has 0 saturated carbocycles. The molecule has 1 aromatic rings. The van der Waals surface area contributed by atoms with E-state index in [1.807, 2.05) is 13.1 Å². The number of hydrogen-bond acceptors (Lipinski definition) is 4. The van der Waals surface area contributed by atoms with Crippen molar-refractivity contribution >= 4 is 5.96 Å². The molecule has 0 amide bonds. The molecule has 1 aromatic carbocycles. The van der Waals surface area contributed by atoms with Crippen LogP contribution in [-0.2, 0) is 6.42 Å². The van der Waals surface area contributed by atoms with Gasteiger partial charge in [-0.05, 0) is 56.8 Å². The fraction of sp³-hybridized carbons (Fsp3) is 0.667. The van der Waals surface area contributed by atoms with Crippen LogP contribution in [0.4, 0.5) is 0 Å². The van der Waals surface area contributed by atoms with Crippen LogP contribution in [-0.4, -0.2) is 63.3 Å². The molecule has 6 heteroatoms. The number of rotatable bonds is 7. The molecule has 1 fully saturated rings. The van der Waals surface area contributed by atoms with E-state index in [0.717, 1.165) is 49.4 Å². The first-order chi connectivity index (χ1) is 13.3. The molecule has 6 nitrogen and oxygen atoms in total. The van der Waals surface area contributed by atoms with E-state index in [4.69, 9.17) is 9.47 Å². The molecule has 0 bridgehead atoms. The number of guanidine groups is 1. The summed E-state index contributed by atoms with van der Waals surface area (Å²) in [6, 6.07) is 6.91. The summed E-state index contributed by atoms with van der Waals surface area (Å²) in [6.45, 7) is 7.82. The Balaban J connectivity index is 1.33. The molecule has 2 aliphatic heterocycles. The van der Waals surface area contributed by atoms with E-state index < -0.39 is 0 Å². The summed E-state index contributed by atoms with van der Waals surface area (Å²) in [5.41, 5.74) is 1.24. The molecule has 27 heavy (non-hydrogen) atoms. The van der Waals surface area contributed by atoms with Crippen molar-refractivity contribution in [1.82, 2.24) is 15.5 Å². The second-order valence-electron chi connectivity index (χ2n) is 7.39.